The van der Waals surface area contributed by atoms with Crippen LogP contribution in [0.15, 0.2) is 17.2 Å². The fourth-order valence-electron chi connectivity index (χ4n) is 2.71. The molecule has 0 atom stereocenters. The first-order chi connectivity index (χ1) is 12.9. The highest BCUT2D eigenvalue weighted by molar-refractivity contribution is 5.88. The Morgan fingerprint density at radius 2 is 1.89 bits per heavy atom. The van der Waals surface area contributed by atoms with Crippen LogP contribution in [0, 0.1) is 10.1 Å². The molecule has 1 aliphatic rings. The molecule has 0 unspecified atom stereocenters. The standard InChI is InChI=1S/C17H25N5O5/c1-20-6-8-21(9-7-20)5-4-17(23)19-18-12-13-10-15(26-2)16(27-3)11-14(13)22(24)25/h10-12H,4-9H2,1-3H3,(H,19,23). The number of ether oxygens (including phenoxy) is 2. The highest BCUT2D eigenvalue weighted by atomic mass is 16.6. The molecule has 1 heterocycles. The lowest BCUT2D eigenvalue weighted by Crippen LogP contribution is -2.45. The first-order valence-corrected chi connectivity index (χ1v) is 8.57. The number of hydrogen-bond donors (Lipinski definition) is 1. The molecule has 10 nitrogen and oxygen atoms in total. The second-order valence-electron chi connectivity index (χ2n) is 6.21. The molecule has 1 saturated heterocycles. The number of piperazine rings is 1. The zero-order valence-corrected chi connectivity index (χ0v) is 15.8. The second-order valence-corrected chi connectivity index (χ2v) is 6.21. The summed E-state index contributed by atoms with van der Waals surface area (Å²) in [6.45, 7) is 4.51. The molecule has 148 valence electrons. The van der Waals surface area contributed by atoms with Gasteiger partial charge in [-0.05, 0) is 13.1 Å². The summed E-state index contributed by atoms with van der Waals surface area (Å²) >= 11 is 0. The Morgan fingerprint density at radius 1 is 1.26 bits per heavy atom. The Balaban J connectivity index is 1.94. The largest absolute Gasteiger partial charge is 0.493 e. The number of rotatable bonds is 8. The van der Waals surface area contributed by atoms with E-state index in [-0.39, 0.29) is 22.9 Å². The van der Waals surface area contributed by atoms with Gasteiger partial charge in [-0.15, -0.1) is 0 Å². The summed E-state index contributed by atoms with van der Waals surface area (Å²) in [5.74, 6) is 0.344. The van der Waals surface area contributed by atoms with Gasteiger partial charge in [0.2, 0.25) is 5.91 Å². The molecule has 0 spiro atoms. The number of nitro groups is 1. The highest BCUT2D eigenvalue weighted by Gasteiger charge is 2.18. The third-order valence-electron chi connectivity index (χ3n) is 4.37. The van der Waals surface area contributed by atoms with E-state index < -0.39 is 4.92 Å². The van der Waals surface area contributed by atoms with E-state index >= 15 is 0 Å². The van der Waals surface area contributed by atoms with Gasteiger partial charge in [0.25, 0.3) is 5.69 Å². The maximum Gasteiger partial charge on any atom is 0.282 e. The first kappa shape index (κ1) is 20.6. The quantitative estimate of drug-likeness (QED) is 0.402. The van der Waals surface area contributed by atoms with Crippen molar-refractivity contribution in [1.82, 2.24) is 15.2 Å². The van der Waals surface area contributed by atoms with Crippen LogP contribution in [0.1, 0.15) is 12.0 Å². The predicted molar refractivity (Wildman–Crippen MR) is 100 cm³/mol. The van der Waals surface area contributed by atoms with Crippen molar-refractivity contribution in [1.29, 1.82) is 0 Å². The SMILES string of the molecule is COc1cc(C=NNC(=O)CCN2CCN(C)CC2)c([N+](=O)[O-])cc1OC. The van der Waals surface area contributed by atoms with E-state index in [1.807, 2.05) is 0 Å². The molecule has 1 aromatic carbocycles. The van der Waals surface area contributed by atoms with Gasteiger partial charge in [0, 0.05) is 39.1 Å². The molecule has 1 aromatic rings. The number of nitrogens with one attached hydrogen (secondary N) is 1. The van der Waals surface area contributed by atoms with Crippen molar-refractivity contribution >= 4 is 17.8 Å². The molecule has 0 saturated carbocycles. The van der Waals surface area contributed by atoms with Crippen molar-refractivity contribution < 1.29 is 19.2 Å². The van der Waals surface area contributed by atoms with E-state index in [0.29, 0.717) is 18.7 Å². The highest BCUT2D eigenvalue weighted by Crippen LogP contribution is 2.33. The molecule has 0 aliphatic carbocycles. The van der Waals surface area contributed by atoms with Crippen molar-refractivity contribution in [2.45, 2.75) is 6.42 Å². The van der Waals surface area contributed by atoms with Gasteiger partial charge in [-0.25, -0.2) is 5.43 Å². The lowest BCUT2D eigenvalue weighted by Gasteiger charge is -2.32. The van der Waals surface area contributed by atoms with E-state index in [9.17, 15) is 14.9 Å². The number of methoxy groups -OCH3 is 2. The number of carbonyl (C=O) groups excluding carboxylic acids is 1. The van der Waals surface area contributed by atoms with Gasteiger partial charge >= 0.3 is 0 Å². The van der Waals surface area contributed by atoms with Gasteiger partial charge in [0.1, 0.15) is 0 Å². The van der Waals surface area contributed by atoms with Crippen LogP contribution in [0.3, 0.4) is 0 Å². The van der Waals surface area contributed by atoms with Crippen molar-refractivity contribution in [2.24, 2.45) is 5.10 Å². The number of hydrogen-bond acceptors (Lipinski definition) is 8. The minimum absolute atomic E-state index is 0.192. The number of nitro benzene ring substituents is 1. The summed E-state index contributed by atoms with van der Waals surface area (Å²) in [4.78, 5) is 27.1. The van der Waals surface area contributed by atoms with Crippen LogP contribution < -0.4 is 14.9 Å². The third kappa shape index (κ3) is 5.90. The van der Waals surface area contributed by atoms with E-state index in [1.165, 1.54) is 32.6 Å². The van der Waals surface area contributed by atoms with E-state index in [0.717, 1.165) is 26.2 Å². The molecule has 1 amide bonds. The van der Waals surface area contributed by atoms with Gasteiger partial charge in [0.15, 0.2) is 11.5 Å². The van der Waals surface area contributed by atoms with Crippen molar-refractivity contribution in [3.05, 3.63) is 27.8 Å². The Morgan fingerprint density at radius 3 is 2.48 bits per heavy atom. The molecule has 2 rings (SSSR count). The molecule has 0 aromatic heterocycles. The minimum atomic E-state index is -0.543. The molecule has 27 heavy (non-hydrogen) atoms. The van der Waals surface area contributed by atoms with Crippen LogP contribution in [0.25, 0.3) is 0 Å². The number of likely N-dealkylation sites (N-methyl/N-ethyl adjacent to an activating group) is 1. The summed E-state index contributed by atoms with van der Waals surface area (Å²) < 4.78 is 10.2. The van der Waals surface area contributed by atoms with Gasteiger partial charge in [-0.3, -0.25) is 14.9 Å². The third-order valence-corrected chi connectivity index (χ3v) is 4.37. The lowest BCUT2D eigenvalue weighted by atomic mass is 10.1. The van der Waals surface area contributed by atoms with Crippen molar-refractivity contribution in [3.8, 4) is 11.5 Å². The fourth-order valence-corrected chi connectivity index (χ4v) is 2.71. The van der Waals surface area contributed by atoms with E-state index in [2.05, 4.69) is 27.4 Å². The molecule has 10 heteroatoms. The molecule has 1 fully saturated rings. The number of benzene rings is 1. The van der Waals surface area contributed by atoms with Gasteiger partial charge in [-0.1, -0.05) is 0 Å². The summed E-state index contributed by atoms with van der Waals surface area (Å²) in [6.07, 6.45) is 1.54. The van der Waals surface area contributed by atoms with Crippen LogP contribution in [-0.4, -0.2) is 80.8 Å². The Labute approximate surface area is 157 Å². The van der Waals surface area contributed by atoms with Crippen molar-refractivity contribution in [2.75, 3.05) is 54.0 Å². The Bertz CT molecular complexity index is 701. The monoisotopic (exact) mass is 379 g/mol. The van der Waals surface area contributed by atoms with Gasteiger partial charge in [-0.2, -0.15) is 5.10 Å². The van der Waals surface area contributed by atoms with Crippen LogP contribution in [0.4, 0.5) is 5.69 Å². The Hall–Kier alpha value is -2.72. The van der Waals surface area contributed by atoms with Crippen molar-refractivity contribution in [3.63, 3.8) is 0 Å². The van der Waals surface area contributed by atoms with Crippen LogP contribution in [0.5, 0.6) is 11.5 Å². The average Bonchev–Trinajstić information content (AvgIpc) is 2.66. The molecule has 0 radical (unpaired) electrons. The second kappa shape index (κ2) is 9.83. The van der Waals surface area contributed by atoms with Crippen LogP contribution >= 0.6 is 0 Å². The summed E-state index contributed by atoms with van der Waals surface area (Å²) in [5, 5.41) is 15.1. The molecule has 0 bridgehead atoms. The van der Waals surface area contributed by atoms with E-state index in [4.69, 9.17) is 9.47 Å². The Kier molecular flexibility index (Phi) is 7.50. The molecule has 1 aliphatic heterocycles. The first-order valence-electron chi connectivity index (χ1n) is 8.57. The maximum absolute atomic E-state index is 11.9. The number of carbonyl (C=O) groups is 1. The summed E-state index contributed by atoms with van der Waals surface area (Å²) in [5.41, 5.74) is 2.42. The summed E-state index contributed by atoms with van der Waals surface area (Å²) in [6, 6.07) is 2.70. The smallest absolute Gasteiger partial charge is 0.282 e. The van der Waals surface area contributed by atoms with Crippen LogP contribution in [0.2, 0.25) is 0 Å². The molecule has 1 N–H and O–H groups in total. The van der Waals surface area contributed by atoms with E-state index in [1.54, 1.807) is 0 Å². The number of amides is 1. The topological polar surface area (TPSA) is 110 Å². The van der Waals surface area contributed by atoms with Crippen LogP contribution in [-0.2, 0) is 4.79 Å². The lowest BCUT2D eigenvalue weighted by molar-refractivity contribution is -0.385. The maximum atomic E-state index is 11.9. The fraction of sp³-hybridized carbons (Fsp3) is 0.529. The van der Waals surface area contributed by atoms with Gasteiger partial charge in [0.05, 0.1) is 37.0 Å². The van der Waals surface area contributed by atoms with Gasteiger partial charge < -0.3 is 19.3 Å². The number of nitrogens with zero attached hydrogens (tertiary/aromatic N) is 4. The normalized spacial score (nSPS) is 15.7. The minimum Gasteiger partial charge on any atom is -0.493 e. The number of hydrazone groups is 1. The zero-order chi connectivity index (χ0) is 19.8. The predicted octanol–water partition coefficient (Wildman–Crippen LogP) is 0.700. The molecular formula is C17H25N5O5. The average molecular weight is 379 g/mol. The summed E-state index contributed by atoms with van der Waals surface area (Å²) in [7, 11) is 4.91. The zero-order valence-electron chi connectivity index (χ0n) is 15.8. The molecular weight excluding hydrogens is 354 g/mol.